The van der Waals surface area contributed by atoms with Crippen molar-refractivity contribution in [3.8, 4) is 0 Å². The third-order valence-electron chi connectivity index (χ3n) is 5.01. The average molecular weight is 336 g/mol. The number of hydrogen-bond donors (Lipinski definition) is 1. The third-order valence-corrected chi connectivity index (χ3v) is 5.62. The van der Waals surface area contributed by atoms with E-state index >= 15 is 0 Å². The highest BCUT2D eigenvalue weighted by Gasteiger charge is 2.33. The molecule has 1 aromatic rings. The lowest BCUT2D eigenvalue weighted by atomic mass is 9.75. The van der Waals surface area contributed by atoms with Gasteiger partial charge in [0.25, 0.3) is 5.91 Å². The molecule has 126 valence electrons. The molecule has 23 heavy (non-hydrogen) atoms. The Labute approximate surface area is 138 Å². The topological polar surface area (TPSA) is 66.5 Å². The Hall–Kier alpha value is -1.56. The third kappa shape index (κ3) is 4.05. The van der Waals surface area contributed by atoms with Crippen molar-refractivity contribution in [2.45, 2.75) is 32.1 Å². The lowest BCUT2D eigenvalue weighted by Gasteiger charge is -2.41. The van der Waals surface area contributed by atoms with Crippen molar-refractivity contribution in [2.75, 3.05) is 24.1 Å². The fourth-order valence-electron chi connectivity index (χ4n) is 3.86. The molecule has 1 aliphatic heterocycles. The number of piperidine rings is 1. The summed E-state index contributed by atoms with van der Waals surface area (Å²) in [4.78, 5) is 14.6. The zero-order valence-corrected chi connectivity index (χ0v) is 14.3. The van der Waals surface area contributed by atoms with E-state index in [0.29, 0.717) is 17.2 Å². The number of nitrogens with zero attached hydrogens (tertiary/aromatic N) is 1. The highest BCUT2D eigenvalue weighted by Crippen LogP contribution is 2.36. The van der Waals surface area contributed by atoms with Crippen LogP contribution in [0.5, 0.6) is 0 Å². The second-order valence-corrected chi connectivity index (χ2v) is 8.54. The van der Waals surface area contributed by atoms with E-state index in [1.54, 1.807) is 24.3 Å². The summed E-state index contributed by atoms with van der Waals surface area (Å²) in [6.07, 6.45) is 7.41. The maximum Gasteiger partial charge on any atom is 0.253 e. The molecule has 2 atom stereocenters. The van der Waals surface area contributed by atoms with Crippen LogP contribution >= 0.6 is 0 Å². The molecule has 1 amide bonds. The van der Waals surface area contributed by atoms with E-state index in [1.807, 2.05) is 4.90 Å². The van der Waals surface area contributed by atoms with Gasteiger partial charge in [0.2, 0.25) is 10.0 Å². The van der Waals surface area contributed by atoms with Crippen LogP contribution in [0.15, 0.2) is 24.3 Å². The summed E-state index contributed by atoms with van der Waals surface area (Å²) >= 11 is 0. The molecule has 0 bridgehead atoms. The predicted molar refractivity (Wildman–Crippen MR) is 90.9 cm³/mol. The quantitative estimate of drug-likeness (QED) is 0.923. The van der Waals surface area contributed by atoms with Crippen LogP contribution in [0.1, 0.15) is 42.5 Å². The molecule has 1 saturated carbocycles. The Bertz CT molecular complexity index is 670. The van der Waals surface area contributed by atoms with Gasteiger partial charge in [-0.1, -0.05) is 19.3 Å². The summed E-state index contributed by atoms with van der Waals surface area (Å²) in [7, 11) is -3.29. The number of nitrogens with one attached hydrogen (secondary N) is 1. The minimum absolute atomic E-state index is 0.0555. The van der Waals surface area contributed by atoms with Gasteiger partial charge < -0.3 is 4.90 Å². The van der Waals surface area contributed by atoms with Crippen molar-refractivity contribution < 1.29 is 13.2 Å². The van der Waals surface area contributed by atoms with Crippen LogP contribution < -0.4 is 4.72 Å². The minimum atomic E-state index is -3.29. The van der Waals surface area contributed by atoms with Gasteiger partial charge in [-0.15, -0.1) is 0 Å². The van der Waals surface area contributed by atoms with Gasteiger partial charge >= 0.3 is 0 Å². The van der Waals surface area contributed by atoms with Crippen molar-refractivity contribution in [1.82, 2.24) is 4.90 Å². The van der Waals surface area contributed by atoms with E-state index in [0.717, 1.165) is 31.7 Å². The Kier molecular flexibility index (Phi) is 4.62. The lowest BCUT2D eigenvalue weighted by molar-refractivity contribution is 0.0521. The fraction of sp³-hybridized carbons (Fsp3) is 0.588. The van der Waals surface area contributed by atoms with Gasteiger partial charge in [-0.3, -0.25) is 9.52 Å². The SMILES string of the molecule is CS(=O)(=O)Nc1ccc(C(=O)N2CCC3CCCCC3C2)cc1. The summed E-state index contributed by atoms with van der Waals surface area (Å²) in [5, 5.41) is 0. The standard InChI is InChI=1S/C17H24N2O3S/c1-23(21,22)18-16-8-6-14(7-9-16)17(20)19-11-10-13-4-2-3-5-15(13)12-19/h6-9,13,15,18H,2-5,10-12H2,1H3. The molecule has 0 spiro atoms. The molecular weight excluding hydrogens is 312 g/mol. The van der Waals surface area contributed by atoms with Crippen LogP contribution in [0.25, 0.3) is 0 Å². The molecule has 1 saturated heterocycles. The van der Waals surface area contributed by atoms with E-state index in [9.17, 15) is 13.2 Å². The molecule has 0 radical (unpaired) electrons. The van der Waals surface area contributed by atoms with Crippen molar-refractivity contribution in [1.29, 1.82) is 0 Å². The van der Waals surface area contributed by atoms with Gasteiger partial charge in [0.1, 0.15) is 0 Å². The van der Waals surface area contributed by atoms with Crippen LogP contribution in [0.3, 0.4) is 0 Å². The molecule has 6 heteroatoms. The van der Waals surface area contributed by atoms with Crippen LogP contribution in [0, 0.1) is 11.8 Å². The summed E-state index contributed by atoms with van der Waals surface area (Å²) in [5.74, 6) is 1.52. The number of benzene rings is 1. The van der Waals surface area contributed by atoms with E-state index in [4.69, 9.17) is 0 Å². The number of amides is 1. The lowest BCUT2D eigenvalue weighted by Crippen LogP contribution is -2.44. The molecule has 2 unspecified atom stereocenters. The first kappa shape index (κ1) is 16.3. The van der Waals surface area contributed by atoms with E-state index in [-0.39, 0.29) is 5.91 Å². The largest absolute Gasteiger partial charge is 0.338 e. The van der Waals surface area contributed by atoms with Gasteiger partial charge in [-0.2, -0.15) is 0 Å². The van der Waals surface area contributed by atoms with Gasteiger partial charge in [0.05, 0.1) is 6.26 Å². The highest BCUT2D eigenvalue weighted by molar-refractivity contribution is 7.92. The number of likely N-dealkylation sites (tertiary alicyclic amines) is 1. The first-order chi connectivity index (χ1) is 10.9. The molecule has 1 aromatic carbocycles. The van der Waals surface area contributed by atoms with Crippen LogP contribution in [0.4, 0.5) is 5.69 Å². The second kappa shape index (κ2) is 6.51. The Morgan fingerprint density at radius 1 is 1.09 bits per heavy atom. The number of carbonyl (C=O) groups is 1. The monoisotopic (exact) mass is 336 g/mol. The zero-order chi connectivity index (χ0) is 16.4. The predicted octanol–water partition coefficient (Wildman–Crippen LogP) is 2.71. The molecule has 2 fully saturated rings. The van der Waals surface area contributed by atoms with Crippen LogP contribution in [-0.4, -0.2) is 38.6 Å². The van der Waals surface area contributed by atoms with Gasteiger partial charge in [0, 0.05) is 24.3 Å². The first-order valence-electron chi connectivity index (χ1n) is 8.29. The number of carbonyl (C=O) groups excluding carboxylic acids is 1. The van der Waals surface area contributed by atoms with E-state index < -0.39 is 10.0 Å². The molecule has 1 aliphatic carbocycles. The number of fused-ring (bicyclic) bond motifs is 1. The van der Waals surface area contributed by atoms with Crippen molar-refractivity contribution in [3.63, 3.8) is 0 Å². The summed E-state index contributed by atoms with van der Waals surface area (Å²) in [6, 6.07) is 6.68. The number of anilines is 1. The Balaban J connectivity index is 1.66. The molecular formula is C17H24N2O3S. The molecule has 1 heterocycles. The maximum atomic E-state index is 12.7. The highest BCUT2D eigenvalue weighted by atomic mass is 32.2. The fourth-order valence-corrected chi connectivity index (χ4v) is 4.43. The van der Waals surface area contributed by atoms with Gasteiger partial charge in [0.15, 0.2) is 0 Å². The van der Waals surface area contributed by atoms with Gasteiger partial charge in [-0.25, -0.2) is 8.42 Å². The number of sulfonamides is 1. The Morgan fingerprint density at radius 3 is 2.39 bits per heavy atom. The average Bonchev–Trinajstić information content (AvgIpc) is 2.53. The van der Waals surface area contributed by atoms with E-state index in [1.165, 1.54) is 25.7 Å². The molecule has 0 aromatic heterocycles. The number of rotatable bonds is 3. The molecule has 3 rings (SSSR count). The Morgan fingerprint density at radius 2 is 1.74 bits per heavy atom. The van der Waals surface area contributed by atoms with Crippen molar-refractivity contribution in [2.24, 2.45) is 11.8 Å². The summed E-state index contributed by atoms with van der Waals surface area (Å²) in [5.41, 5.74) is 1.10. The summed E-state index contributed by atoms with van der Waals surface area (Å²) in [6.45, 7) is 1.70. The molecule has 5 nitrogen and oxygen atoms in total. The smallest absolute Gasteiger partial charge is 0.253 e. The van der Waals surface area contributed by atoms with Gasteiger partial charge in [-0.05, 0) is 48.9 Å². The van der Waals surface area contributed by atoms with E-state index in [2.05, 4.69) is 4.72 Å². The molecule has 1 N–H and O–H groups in total. The summed E-state index contributed by atoms with van der Waals surface area (Å²) < 4.78 is 24.8. The second-order valence-electron chi connectivity index (χ2n) is 6.80. The van der Waals surface area contributed by atoms with Crippen LogP contribution in [-0.2, 0) is 10.0 Å². The first-order valence-corrected chi connectivity index (χ1v) is 10.2. The molecule has 2 aliphatic rings. The van der Waals surface area contributed by atoms with Crippen LogP contribution in [0.2, 0.25) is 0 Å². The number of hydrogen-bond acceptors (Lipinski definition) is 3. The normalized spacial score (nSPS) is 24.8. The zero-order valence-electron chi connectivity index (χ0n) is 13.5. The minimum Gasteiger partial charge on any atom is -0.338 e. The van der Waals surface area contributed by atoms with Crippen molar-refractivity contribution >= 4 is 21.6 Å². The maximum absolute atomic E-state index is 12.7. The van der Waals surface area contributed by atoms with Crippen molar-refractivity contribution in [3.05, 3.63) is 29.8 Å².